The third kappa shape index (κ3) is 4.53. The zero-order valence-electron chi connectivity index (χ0n) is 19.5. The normalized spacial score (nSPS) is 17.8. The van der Waals surface area contributed by atoms with Crippen LogP contribution in [0, 0.1) is 0 Å². The van der Waals surface area contributed by atoms with E-state index in [4.69, 9.17) is 0 Å². The van der Waals surface area contributed by atoms with E-state index >= 15 is 0 Å². The van der Waals surface area contributed by atoms with Crippen LogP contribution < -0.4 is 10.2 Å². The van der Waals surface area contributed by atoms with Crippen molar-refractivity contribution in [2.45, 2.75) is 37.8 Å². The Bertz CT molecular complexity index is 1160. The molecule has 0 spiro atoms. The van der Waals surface area contributed by atoms with Crippen LogP contribution in [0.15, 0.2) is 73.1 Å². The Balaban J connectivity index is 1.24. The van der Waals surface area contributed by atoms with Gasteiger partial charge < -0.3 is 15.1 Å². The number of hydrogen-bond acceptors (Lipinski definition) is 4. The van der Waals surface area contributed by atoms with E-state index in [-0.39, 0.29) is 23.9 Å². The van der Waals surface area contributed by atoms with E-state index in [1.165, 1.54) is 11.3 Å². The third-order valence-electron chi connectivity index (χ3n) is 7.17. The summed E-state index contributed by atoms with van der Waals surface area (Å²) < 4.78 is 0. The van der Waals surface area contributed by atoms with E-state index in [0.717, 1.165) is 44.3 Å². The quantitative estimate of drug-likeness (QED) is 0.626. The summed E-state index contributed by atoms with van der Waals surface area (Å²) in [5.41, 5.74) is 4.81. The van der Waals surface area contributed by atoms with Crippen LogP contribution >= 0.6 is 0 Å². The van der Waals surface area contributed by atoms with Crippen LogP contribution in [-0.4, -0.2) is 47.9 Å². The number of fused-ring (bicyclic) bond motifs is 1. The van der Waals surface area contributed by atoms with Gasteiger partial charge in [-0.25, -0.2) is 0 Å². The number of hydrogen-bond donors (Lipinski definition) is 1. The Morgan fingerprint density at radius 2 is 1.68 bits per heavy atom. The summed E-state index contributed by atoms with van der Waals surface area (Å²) >= 11 is 0. The average Bonchev–Trinajstić information content (AvgIpc) is 3.30. The lowest BCUT2D eigenvalue weighted by Gasteiger charge is -2.38. The summed E-state index contributed by atoms with van der Waals surface area (Å²) in [4.78, 5) is 34.4. The monoisotopic (exact) mass is 454 g/mol. The molecule has 34 heavy (non-hydrogen) atoms. The summed E-state index contributed by atoms with van der Waals surface area (Å²) in [7, 11) is 1.91. The Kier molecular flexibility index (Phi) is 6.30. The van der Waals surface area contributed by atoms with E-state index in [1.54, 1.807) is 0 Å². The number of nitrogens with one attached hydrogen (secondary N) is 1. The van der Waals surface area contributed by atoms with Gasteiger partial charge in [0, 0.05) is 55.4 Å². The van der Waals surface area contributed by atoms with Crippen LogP contribution in [0.2, 0.25) is 0 Å². The smallest absolute Gasteiger partial charge is 0.253 e. The van der Waals surface area contributed by atoms with Crippen molar-refractivity contribution in [3.63, 3.8) is 0 Å². The van der Waals surface area contributed by atoms with Crippen LogP contribution in [0.25, 0.3) is 0 Å². The molecule has 6 heteroatoms. The van der Waals surface area contributed by atoms with Gasteiger partial charge in [-0.15, -0.1) is 0 Å². The number of benzene rings is 2. The largest absolute Gasteiger partial charge is 0.371 e. The van der Waals surface area contributed by atoms with Crippen molar-refractivity contribution in [2.24, 2.45) is 0 Å². The van der Waals surface area contributed by atoms with Crippen molar-refractivity contribution in [1.82, 2.24) is 15.2 Å². The summed E-state index contributed by atoms with van der Waals surface area (Å²) in [6.07, 6.45) is 7.28. The highest BCUT2D eigenvalue weighted by Crippen LogP contribution is 2.33. The molecule has 1 N–H and O–H groups in total. The topological polar surface area (TPSA) is 65.5 Å². The SMILES string of the molecule is CN(C(=O)c1ccc2c(c1)[C@H](NC(=O)c1ccccc1)CC2)C1CCN(c2ccncc2)CC1. The van der Waals surface area contributed by atoms with Crippen molar-refractivity contribution in [3.8, 4) is 0 Å². The molecule has 0 unspecified atom stereocenters. The number of anilines is 1. The molecule has 2 heterocycles. The first-order chi connectivity index (χ1) is 16.6. The van der Waals surface area contributed by atoms with Crippen LogP contribution in [0.5, 0.6) is 0 Å². The highest BCUT2D eigenvalue weighted by Gasteiger charge is 2.29. The molecular weight excluding hydrogens is 424 g/mol. The maximum absolute atomic E-state index is 13.4. The molecule has 1 aliphatic heterocycles. The number of pyridine rings is 1. The van der Waals surface area contributed by atoms with E-state index < -0.39 is 0 Å². The molecule has 3 aromatic rings. The molecule has 1 atom stereocenters. The predicted octanol–water partition coefficient (Wildman–Crippen LogP) is 4.24. The lowest BCUT2D eigenvalue weighted by molar-refractivity contribution is 0.0709. The second-order valence-corrected chi connectivity index (χ2v) is 9.18. The van der Waals surface area contributed by atoms with Gasteiger partial charge in [0.2, 0.25) is 0 Å². The first kappa shape index (κ1) is 22.1. The highest BCUT2D eigenvalue weighted by atomic mass is 16.2. The Labute approximate surface area is 200 Å². The van der Waals surface area contributed by atoms with E-state index in [1.807, 2.05) is 78.9 Å². The molecule has 1 fully saturated rings. The van der Waals surface area contributed by atoms with Gasteiger partial charge >= 0.3 is 0 Å². The molecule has 174 valence electrons. The fraction of sp³-hybridized carbons (Fsp3) is 0.321. The van der Waals surface area contributed by atoms with Gasteiger partial charge in [0.1, 0.15) is 0 Å². The molecule has 0 saturated carbocycles. The maximum Gasteiger partial charge on any atom is 0.253 e. The summed E-state index contributed by atoms with van der Waals surface area (Å²) in [5, 5.41) is 3.16. The van der Waals surface area contributed by atoms with Crippen molar-refractivity contribution in [1.29, 1.82) is 0 Å². The Morgan fingerprint density at radius 1 is 0.941 bits per heavy atom. The summed E-state index contributed by atoms with van der Waals surface area (Å²) in [5.74, 6) is -0.0292. The number of rotatable bonds is 5. The summed E-state index contributed by atoms with van der Waals surface area (Å²) in [6.45, 7) is 1.84. The minimum atomic E-state index is -0.0757. The van der Waals surface area contributed by atoms with Crippen LogP contribution in [0.4, 0.5) is 5.69 Å². The van der Waals surface area contributed by atoms with Gasteiger partial charge in [-0.2, -0.15) is 0 Å². The number of aryl methyl sites for hydroxylation is 1. The standard InChI is InChI=1S/C28H30N4O2/c1-31(23-13-17-32(18-14-23)24-11-15-29-16-12-24)28(34)22-8-7-20-9-10-26(25(20)19-22)30-27(33)21-5-3-2-4-6-21/h2-8,11-12,15-16,19,23,26H,9-10,13-14,17-18H2,1H3,(H,30,33)/t26-/m1/s1. The minimum Gasteiger partial charge on any atom is -0.371 e. The number of piperidine rings is 1. The van der Waals surface area contributed by atoms with Gasteiger partial charge in [0.25, 0.3) is 11.8 Å². The van der Waals surface area contributed by atoms with Crippen molar-refractivity contribution >= 4 is 17.5 Å². The summed E-state index contributed by atoms with van der Waals surface area (Å²) in [6, 6.07) is 19.5. The second kappa shape index (κ2) is 9.67. The first-order valence-corrected chi connectivity index (χ1v) is 12.0. The number of amides is 2. The maximum atomic E-state index is 13.4. The molecule has 1 saturated heterocycles. The molecule has 2 amide bonds. The van der Waals surface area contributed by atoms with E-state index in [2.05, 4.69) is 21.3 Å². The number of carbonyl (C=O) groups excluding carboxylic acids is 2. The molecule has 2 aliphatic rings. The Morgan fingerprint density at radius 3 is 2.41 bits per heavy atom. The molecule has 2 aromatic carbocycles. The van der Waals surface area contributed by atoms with Gasteiger partial charge in [-0.05, 0) is 73.2 Å². The van der Waals surface area contributed by atoms with Crippen LogP contribution in [0.3, 0.4) is 0 Å². The number of nitrogens with zero attached hydrogens (tertiary/aromatic N) is 3. The molecule has 6 nitrogen and oxygen atoms in total. The lowest BCUT2D eigenvalue weighted by Crippen LogP contribution is -2.45. The zero-order chi connectivity index (χ0) is 23.5. The van der Waals surface area contributed by atoms with Crippen molar-refractivity contribution in [3.05, 3.63) is 95.3 Å². The predicted molar refractivity (Wildman–Crippen MR) is 133 cm³/mol. The Hall–Kier alpha value is -3.67. The van der Waals surface area contributed by atoms with Gasteiger partial charge in [0.15, 0.2) is 0 Å². The van der Waals surface area contributed by atoms with E-state index in [0.29, 0.717) is 11.1 Å². The fourth-order valence-corrected chi connectivity index (χ4v) is 5.15. The minimum absolute atomic E-state index is 0.0465. The van der Waals surface area contributed by atoms with Crippen molar-refractivity contribution in [2.75, 3.05) is 25.0 Å². The number of aromatic nitrogens is 1. The third-order valence-corrected chi connectivity index (χ3v) is 7.17. The van der Waals surface area contributed by atoms with Gasteiger partial charge in [-0.3, -0.25) is 14.6 Å². The van der Waals surface area contributed by atoms with Gasteiger partial charge in [-0.1, -0.05) is 24.3 Å². The van der Waals surface area contributed by atoms with Gasteiger partial charge in [0.05, 0.1) is 6.04 Å². The van der Waals surface area contributed by atoms with Crippen LogP contribution in [-0.2, 0) is 6.42 Å². The van der Waals surface area contributed by atoms with Crippen LogP contribution in [0.1, 0.15) is 57.1 Å². The van der Waals surface area contributed by atoms with Crippen molar-refractivity contribution < 1.29 is 9.59 Å². The molecule has 0 radical (unpaired) electrons. The lowest BCUT2D eigenvalue weighted by atomic mass is 10.00. The average molecular weight is 455 g/mol. The second-order valence-electron chi connectivity index (χ2n) is 9.18. The van der Waals surface area contributed by atoms with E-state index in [9.17, 15) is 9.59 Å². The fourth-order valence-electron chi connectivity index (χ4n) is 5.15. The number of carbonyl (C=O) groups is 2. The molecule has 5 rings (SSSR count). The highest BCUT2D eigenvalue weighted by molar-refractivity contribution is 5.95. The molecule has 1 aromatic heterocycles. The molecular formula is C28H30N4O2. The molecule has 1 aliphatic carbocycles. The first-order valence-electron chi connectivity index (χ1n) is 12.0. The zero-order valence-corrected chi connectivity index (χ0v) is 19.5. The molecule has 0 bridgehead atoms.